The summed E-state index contributed by atoms with van der Waals surface area (Å²) in [6.07, 6.45) is 0. The highest BCUT2D eigenvalue weighted by atomic mass is 16.4. The summed E-state index contributed by atoms with van der Waals surface area (Å²) in [5, 5.41) is 11.5. The number of likely N-dealkylation sites (N-methyl/N-ethyl adjacent to an activating group) is 1. The number of hydrogen-bond acceptors (Lipinski definition) is 3. The van der Waals surface area contributed by atoms with E-state index >= 15 is 0 Å². The van der Waals surface area contributed by atoms with Crippen molar-refractivity contribution in [3.8, 4) is 0 Å². The first-order chi connectivity index (χ1) is 8.32. The lowest BCUT2D eigenvalue weighted by molar-refractivity contribution is -0.141. The smallest absolute Gasteiger partial charge is 0.326 e. The summed E-state index contributed by atoms with van der Waals surface area (Å²) >= 11 is 0. The molecule has 1 rings (SSSR count). The highest BCUT2D eigenvalue weighted by Gasteiger charge is 2.23. The fourth-order valence-electron chi connectivity index (χ4n) is 1.39. The normalized spacial score (nSPS) is 13.8. The van der Waals surface area contributed by atoms with Gasteiger partial charge in [0.15, 0.2) is 0 Å². The molecule has 1 aromatic heterocycles. The molecule has 18 heavy (non-hydrogen) atoms. The van der Waals surface area contributed by atoms with Crippen molar-refractivity contribution in [1.82, 2.24) is 10.2 Å². The molecule has 0 fully saturated rings. The summed E-state index contributed by atoms with van der Waals surface area (Å²) in [6.45, 7) is 5.04. The average molecular weight is 254 g/mol. The number of amides is 2. The van der Waals surface area contributed by atoms with Crippen LogP contribution in [-0.4, -0.2) is 35.1 Å². The number of carboxylic acid groups (broad SMARTS) is 1. The van der Waals surface area contributed by atoms with Crippen LogP contribution in [0.25, 0.3) is 0 Å². The molecule has 6 nitrogen and oxygen atoms in total. The van der Waals surface area contributed by atoms with E-state index in [1.165, 1.54) is 14.0 Å². The minimum Gasteiger partial charge on any atom is -0.480 e. The Morgan fingerprint density at radius 2 is 2.00 bits per heavy atom. The first kappa shape index (κ1) is 14.1. The molecule has 0 radical (unpaired) electrons. The van der Waals surface area contributed by atoms with Crippen LogP contribution >= 0.6 is 0 Å². The summed E-state index contributed by atoms with van der Waals surface area (Å²) in [6, 6.07) is 1.94. The number of hydrogen-bond donors (Lipinski definition) is 2. The quantitative estimate of drug-likeness (QED) is 0.857. The van der Waals surface area contributed by atoms with E-state index in [1.807, 2.05) is 13.0 Å². The van der Waals surface area contributed by atoms with Crippen LogP contribution in [0.3, 0.4) is 0 Å². The molecule has 6 heteroatoms. The van der Waals surface area contributed by atoms with Crippen molar-refractivity contribution in [2.45, 2.75) is 32.9 Å². The van der Waals surface area contributed by atoms with Gasteiger partial charge >= 0.3 is 12.0 Å². The van der Waals surface area contributed by atoms with Crippen molar-refractivity contribution in [3.05, 3.63) is 23.7 Å². The predicted molar refractivity (Wildman–Crippen MR) is 65.3 cm³/mol. The van der Waals surface area contributed by atoms with Crippen molar-refractivity contribution in [3.63, 3.8) is 0 Å². The molecule has 1 aromatic rings. The Labute approximate surface area is 106 Å². The molecule has 2 N–H and O–H groups in total. The van der Waals surface area contributed by atoms with Crippen LogP contribution in [-0.2, 0) is 4.79 Å². The van der Waals surface area contributed by atoms with Gasteiger partial charge in [0.2, 0.25) is 0 Å². The number of carbonyl (C=O) groups excluding carboxylic acids is 1. The first-order valence-corrected chi connectivity index (χ1v) is 5.65. The number of urea groups is 1. The maximum Gasteiger partial charge on any atom is 0.326 e. The summed E-state index contributed by atoms with van der Waals surface area (Å²) in [5.74, 6) is 0.352. The van der Waals surface area contributed by atoms with Crippen LogP contribution in [0.15, 0.2) is 16.5 Å². The van der Waals surface area contributed by atoms with E-state index in [4.69, 9.17) is 9.52 Å². The number of carbonyl (C=O) groups is 2. The van der Waals surface area contributed by atoms with Crippen molar-refractivity contribution in [2.75, 3.05) is 7.05 Å². The maximum absolute atomic E-state index is 11.8. The van der Waals surface area contributed by atoms with Gasteiger partial charge in [-0.25, -0.2) is 9.59 Å². The lowest BCUT2D eigenvalue weighted by atomic mass is 10.2. The van der Waals surface area contributed by atoms with Gasteiger partial charge in [0.1, 0.15) is 17.6 Å². The van der Waals surface area contributed by atoms with Crippen LogP contribution in [0.1, 0.15) is 31.4 Å². The minimum absolute atomic E-state index is 0.311. The Morgan fingerprint density at radius 3 is 2.44 bits per heavy atom. The highest BCUT2D eigenvalue weighted by Crippen LogP contribution is 2.15. The Morgan fingerprint density at radius 1 is 1.39 bits per heavy atom. The molecule has 0 saturated heterocycles. The second kappa shape index (κ2) is 5.57. The standard InChI is InChI=1S/C12H18N2O4/c1-7-5-6-10(18-7)8(2)13-12(17)14(4)9(3)11(15)16/h5-6,8-9H,1-4H3,(H,13,17)(H,15,16). The first-order valence-electron chi connectivity index (χ1n) is 5.65. The average Bonchev–Trinajstić information content (AvgIpc) is 2.73. The summed E-state index contributed by atoms with van der Waals surface area (Å²) in [7, 11) is 1.44. The van der Waals surface area contributed by atoms with E-state index in [9.17, 15) is 9.59 Å². The van der Waals surface area contributed by atoms with E-state index < -0.39 is 18.0 Å². The lowest BCUT2D eigenvalue weighted by Gasteiger charge is -2.23. The Balaban J connectivity index is 2.62. The van der Waals surface area contributed by atoms with Gasteiger partial charge in [0, 0.05) is 7.05 Å². The molecule has 0 spiro atoms. The van der Waals surface area contributed by atoms with E-state index in [-0.39, 0.29) is 6.04 Å². The van der Waals surface area contributed by atoms with Gasteiger partial charge in [0.25, 0.3) is 0 Å². The zero-order chi connectivity index (χ0) is 13.9. The molecule has 2 amide bonds. The van der Waals surface area contributed by atoms with Gasteiger partial charge in [-0.3, -0.25) is 0 Å². The van der Waals surface area contributed by atoms with Crippen LogP contribution in [0.2, 0.25) is 0 Å². The molecule has 0 aliphatic rings. The van der Waals surface area contributed by atoms with Gasteiger partial charge < -0.3 is 19.7 Å². The molecule has 0 aliphatic carbocycles. The van der Waals surface area contributed by atoms with Gasteiger partial charge in [-0.15, -0.1) is 0 Å². The maximum atomic E-state index is 11.8. The molecule has 100 valence electrons. The second-order valence-corrected chi connectivity index (χ2v) is 4.24. The van der Waals surface area contributed by atoms with Crippen molar-refractivity contribution in [2.24, 2.45) is 0 Å². The van der Waals surface area contributed by atoms with E-state index in [0.29, 0.717) is 5.76 Å². The number of carboxylic acids is 1. The molecule has 0 bridgehead atoms. The molecule has 0 saturated carbocycles. The Kier molecular flexibility index (Phi) is 4.36. The van der Waals surface area contributed by atoms with Crippen LogP contribution in [0.4, 0.5) is 4.79 Å². The summed E-state index contributed by atoms with van der Waals surface area (Å²) < 4.78 is 5.38. The third kappa shape index (κ3) is 3.26. The van der Waals surface area contributed by atoms with Crippen LogP contribution in [0.5, 0.6) is 0 Å². The Hall–Kier alpha value is -1.98. The summed E-state index contributed by atoms with van der Waals surface area (Å²) in [4.78, 5) is 23.7. The molecular weight excluding hydrogens is 236 g/mol. The molecular formula is C12H18N2O4. The molecule has 0 aromatic carbocycles. The number of furan rings is 1. The number of nitrogens with one attached hydrogen (secondary N) is 1. The van der Waals surface area contributed by atoms with Gasteiger partial charge in [-0.1, -0.05) is 0 Å². The molecule has 0 aliphatic heterocycles. The fourth-order valence-corrected chi connectivity index (χ4v) is 1.39. The van der Waals surface area contributed by atoms with E-state index in [1.54, 1.807) is 13.0 Å². The molecule has 1 heterocycles. The zero-order valence-corrected chi connectivity index (χ0v) is 10.9. The molecule has 2 unspecified atom stereocenters. The second-order valence-electron chi connectivity index (χ2n) is 4.24. The zero-order valence-electron chi connectivity index (χ0n) is 10.9. The number of aliphatic carboxylic acids is 1. The van der Waals surface area contributed by atoms with Gasteiger partial charge in [-0.2, -0.15) is 0 Å². The Bertz CT molecular complexity index is 441. The summed E-state index contributed by atoms with van der Waals surface area (Å²) in [5.41, 5.74) is 0. The van der Waals surface area contributed by atoms with Crippen LogP contribution < -0.4 is 5.32 Å². The largest absolute Gasteiger partial charge is 0.480 e. The fraction of sp³-hybridized carbons (Fsp3) is 0.500. The SMILES string of the molecule is Cc1ccc(C(C)NC(=O)N(C)C(C)C(=O)O)o1. The van der Waals surface area contributed by atoms with Crippen molar-refractivity contribution < 1.29 is 19.1 Å². The van der Waals surface area contributed by atoms with Gasteiger partial charge in [-0.05, 0) is 32.9 Å². The minimum atomic E-state index is -1.05. The lowest BCUT2D eigenvalue weighted by Crippen LogP contribution is -2.46. The third-order valence-electron chi connectivity index (χ3n) is 2.79. The molecule has 2 atom stereocenters. The van der Waals surface area contributed by atoms with E-state index in [2.05, 4.69) is 5.32 Å². The van der Waals surface area contributed by atoms with E-state index in [0.717, 1.165) is 10.7 Å². The number of aryl methyl sites for hydroxylation is 1. The predicted octanol–water partition coefficient (Wildman–Crippen LogP) is 1.76. The number of rotatable bonds is 4. The highest BCUT2D eigenvalue weighted by molar-refractivity contribution is 5.82. The van der Waals surface area contributed by atoms with Crippen molar-refractivity contribution in [1.29, 1.82) is 0 Å². The van der Waals surface area contributed by atoms with Crippen LogP contribution in [0, 0.1) is 6.92 Å². The third-order valence-corrected chi connectivity index (χ3v) is 2.79. The monoisotopic (exact) mass is 254 g/mol. The van der Waals surface area contributed by atoms with Gasteiger partial charge in [0.05, 0.1) is 6.04 Å². The van der Waals surface area contributed by atoms with Crippen molar-refractivity contribution >= 4 is 12.0 Å². The number of nitrogens with zero attached hydrogens (tertiary/aromatic N) is 1. The topological polar surface area (TPSA) is 82.8 Å².